The lowest BCUT2D eigenvalue weighted by molar-refractivity contribution is 0.544. The van der Waals surface area contributed by atoms with Crippen molar-refractivity contribution in [2.75, 3.05) is 11.4 Å². The van der Waals surface area contributed by atoms with Crippen molar-refractivity contribution in [2.24, 2.45) is 0 Å². The molecule has 0 N–H and O–H groups in total. The molecule has 0 bridgehead atoms. The average molecular weight is 297 g/mol. The zero-order valence-electron chi connectivity index (χ0n) is 12.6. The lowest BCUT2D eigenvalue weighted by atomic mass is 10.2. The number of hydrogen-bond donors (Lipinski definition) is 0. The van der Waals surface area contributed by atoms with Gasteiger partial charge >= 0.3 is 0 Å². The van der Waals surface area contributed by atoms with E-state index in [-0.39, 0.29) is 0 Å². The fraction of sp³-hybridized carbons (Fsp3) is 0.467. The zero-order chi connectivity index (χ0) is 14.9. The first kappa shape index (κ1) is 13.2. The van der Waals surface area contributed by atoms with Gasteiger partial charge in [-0.2, -0.15) is 14.6 Å². The Hall–Kier alpha value is -2.44. The Labute approximate surface area is 128 Å². The molecule has 0 amide bonds. The highest BCUT2D eigenvalue weighted by atomic mass is 15.4. The second-order valence-electron chi connectivity index (χ2n) is 5.68. The summed E-state index contributed by atoms with van der Waals surface area (Å²) in [5, 5.41) is 4.35. The summed E-state index contributed by atoms with van der Waals surface area (Å²) in [4.78, 5) is 15.4. The highest BCUT2D eigenvalue weighted by molar-refractivity contribution is 5.49. The van der Waals surface area contributed by atoms with E-state index < -0.39 is 0 Å². The molecule has 22 heavy (non-hydrogen) atoms. The minimum Gasteiger partial charge on any atom is -0.352 e. The molecule has 1 fully saturated rings. The van der Waals surface area contributed by atoms with Crippen molar-refractivity contribution in [3.63, 3.8) is 0 Å². The minimum atomic E-state index is 0.453. The first-order chi connectivity index (χ1) is 10.8. The molecule has 1 saturated heterocycles. The summed E-state index contributed by atoms with van der Waals surface area (Å²) in [6, 6.07) is 2.60. The van der Waals surface area contributed by atoms with E-state index in [1.807, 2.05) is 23.2 Å². The third-order valence-corrected chi connectivity index (χ3v) is 4.30. The van der Waals surface area contributed by atoms with E-state index in [1.165, 1.54) is 12.8 Å². The lowest BCUT2D eigenvalue weighted by Gasteiger charge is -2.27. The predicted molar refractivity (Wildman–Crippen MR) is 82.8 cm³/mol. The van der Waals surface area contributed by atoms with Gasteiger partial charge in [0.05, 0.1) is 6.33 Å². The van der Waals surface area contributed by atoms with Gasteiger partial charge in [0.15, 0.2) is 0 Å². The Morgan fingerprint density at radius 2 is 2.32 bits per heavy atom. The van der Waals surface area contributed by atoms with Crippen LogP contribution < -0.4 is 4.90 Å². The molecule has 114 valence electrons. The second-order valence-corrected chi connectivity index (χ2v) is 5.68. The Morgan fingerprint density at radius 3 is 3.14 bits per heavy atom. The smallest absolute Gasteiger partial charge is 0.254 e. The average Bonchev–Trinajstić information content (AvgIpc) is 3.27. The van der Waals surface area contributed by atoms with Gasteiger partial charge in [-0.1, -0.05) is 6.92 Å². The maximum atomic E-state index is 4.53. The number of rotatable bonds is 4. The van der Waals surface area contributed by atoms with Crippen molar-refractivity contribution < 1.29 is 0 Å². The van der Waals surface area contributed by atoms with Gasteiger partial charge in [0.2, 0.25) is 0 Å². The summed E-state index contributed by atoms with van der Waals surface area (Å²) in [5.74, 6) is 1.78. The molecule has 1 aliphatic rings. The number of anilines is 1. The van der Waals surface area contributed by atoms with Crippen molar-refractivity contribution in [3.8, 4) is 0 Å². The number of aryl methyl sites for hydroxylation is 1. The number of aromatic nitrogens is 6. The van der Waals surface area contributed by atoms with Crippen LogP contribution in [0.1, 0.15) is 25.5 Å². The van der Waals surface area contributed by atoms with Crippen molar-refractivity contribution >= 4 is 11.6 Å². The Bertz CT molecular complexity index is 761. The van der Waals surface area contributed by atoms with Gasteiger partial charge in [-0.3, -0.25) is 0 Å². The van der Waals surface area contributed by atoms with Crippen LogP contribution >= 0.6 is 0 Å². The molecule has 0 spiro atoms. The quantitative estimate of drug-likeness (QED) is 0.731. The van der Waals surface area contributed by atoms with E-state index in [0.29, 0.717) is 11.8 Å². The maximum absolute atomic E-state index is 4.53. The molecule has 0 aromatic carbocycles. The van der Waals surface area contributed by atoms with Crippen LogP contribution in [0.5, 0.6) is 0 Å². The van der Waals surface area contributed by atoms with E-state index >= 15 is 0 Å². The summed E-state index contributed by atoms with van der Waals surface area (Å²) in [6.45, 7) is 4.10. The first-order valence-corrected chi connectivity index (χ1v) is 7.77. The van der Waals surface area contributed by atoms with E-state index in [2.05, 4.69) is 42.5 Å². The van der Waals surface area contributed by atoms with Gasteiger partial charge < -0.3 is 9.47 Å². The third-order valence-electron chi connectivity index (χ3n) is 4.30. The molecular formula is C15H19N7. The summed E-state index contributed by atoms with van der Waals surface area (Å²) in [5.41, 5.74) is 1.06. The van der Waals surface area contributed by atoms with Crippen LogP contribution in [0.25, 0.3) is 5.78 Å². The summed E-state index contributed by atoms with van der Waals surface area (Å²) < 4.78 is 3.99. The summed E-state index contributed by atoms with van der Waals surface area (Å²) in [6.07, 6.45) is 10.6. The van der Waals surface area contributed by atoms with Gasteiger partial charge in [-0.15, -0.1) is 0 Å². The van der Waals surface area contributed by atoms with Crippen LogP contribution in [0.3, 0.4) is 0 Å². The minimum absolute atomic E-state index is 0.453. The molecule has 0 radical (unpaired) electrons. The molecule has 4 heterocycles. The lowest BCUT2D eigenvalue weighted by Crippen LogP contribution is -2.34. The first-order valence-electron chi connectivity index (χ1n) is 7.77. The third kappa shape index (κ3) is 2.22. The molecule has 1 atom stereocenters. The number of nitrogens with zero attached hydrogens (tertiary/aromatic N) is 7. The molecule has 1 unspecified atom stereocenters. The highest BCUT2D eigenvalue weighted by Crippen LogP contribution is 2.27. The van der Waals surface area contributed by atoms with Crippen molar-refractivity contribution in [2.45, 2.75) is 38.8 Å². The molecule has 7 heteroatoms. The van der Waals surface area contributed by atoms with Gasteiger partial charge in [-0.05, 0) is 19.3 Å². The molecule has 0 aliphatic carbocycles. The van der Waals surface area contributed by atoms with Crippen LogP contribution in [-0.4, -0.2) is 41.7 Å². The standard InChI is InChI=1S/C15H19N7/c1-2-12-8-14(22-15(19-12)17-10-18-22)21-6-3-4-13(21)9-20-7-5-16-11-20/h5,7-8,10-11,13H,2-4,6,9H2,1H3. The molecule has 3 aromatic heterocycles. The molecule has 7 nitrogen and oxygen atoms in total. The highest BCUT2D eigenvalue weighted by Gasteiger charge is 2.27. The van der Waals surface area contributed by atoms with Gasteiger partial charge in [0, 0.05) is 43.3 Å². The zero-order valence-corrected chi connectivity index (χ0v) is 12.6. The van der Waals surface area contributed by atoms with Gasteiger partial charge in [-0.25, -0.2) is 9.97 Å². The number of hydrogen-bond acceptors (Lipinski definition) is 5. The monoisotopic (exact) mass is 297 g/mol. The van der Waals surface area contributed by atoms with Crippen molar-refractivity contribution in [1.82, 2.24) is 29.1 Å². The van der Waals surface area contributed by atoms with Gasteiger partial charge in [0.1, 0.15) is 12.1 Å². The topological polar surface area (TPSA) is 64.1 Å². The molecule has 3 aromatic rings. The Morgan fingerprint density at radius 1 is 1.36 bits per heavy atom. The summed E-state index contributed by atoms with van der Waals surface area (Å²) >= 11 is 0. The predicted octanol–water partition coefficient (Wildman–Crippen LogP) is 1.55. The molecule has 1 aliphatic heterocycles. The van der Waals surface area contributed by atoms with Crippen molar-refractivity contribution in [3.05, 3.63) is 36.8 Å². The fourth-order valence-corrected chi connectivity index (χ4v) is 3.20. The molecule has 4 rings (SSSR count). The number of imidazole rings is 1. The van der Waals surface area contributed by atoms with Crippen molar-refractivity contribution in [1.29, 1.82) is 0 Å². The van der Waals surface area contributed by atoms with Crippen LogP contribution in [-0.2, 0) is 13.0 Å². The molecule has 0 saturated carbocycles. The SMILES string of the molecule is CCc1cc(N2CCCC2Cn2ccnc2)n2ncnc2n1. The Balaban J connectivity index is 1.71. The fourth-order valence-electron chi connectivity index (χ4n) is 3.20. The van der Waals surface area contributed by atoms with E-state index in [0.717, 1.165) is 31.0 Å². The largest absolute Gasteiger partial charge is 0.352 e. The van der Waals surface area contributed by atoms with Crippen LogP contribution in [0.2, 0.25) is 0 Å². The van der Waals surface area contributed by atoms with Gasteiger partial charge in [0.25, 0.3) is 5.78 Å². The van der Waals surface area contributed by atoms with E-state index in [1.54, 1.807) is 6.33 Å². The van der Waals surface area contributed by atoms with E-state index in [4.69, 9.17) is 0 Å². The molecular weight excluding hydrogens is 278 g/mol. The maximum Gasteiger partial charge on any atom is 0.254 e. The summed E-state index contributed by atoms with van der Waals surface area (Å²) in [7, 11) is 0. The normalized spacial score (nSPS) is 18.4. The van der Waals surface area contributed by atoms with Crippen LogP contribution in [0, 0.1) is 0 Å². The Kier molecular flexibility index (Phi) is 3.25. The number of fused-ring (bicyclic) bond motifs is 1. The van der Waals surface area contributed by atoms with Crippen LogP contribution in [0.15, 0.2) is 31.1 Å². The second kappa shape index (κ2) is 5.40. The van der Waals surface area contributed by atoms with Crippen LogP contribution in [0.4, 0.5) is 5.82 Å². The van der Waals surface area contributed by atoms with E-state index in [9.17, 15) is 0 Å².